The van der Waals surface area contributed by atoms with Crippen molar-refractivity contribution in [2.45, 2.75) is 37.6 Å². The van der Waals surface area contributed by atoms with Crippen molar-refractivity contribution in [3.8, 4) is 5.75 Å². The van der Waals surface area contributed by atoms with E-state index in [9.17, 15) is 8.42 Å². The van der Waals surface area contributed by atoms with Crippen LogP contribution in [0.5, 0.6) is 5.75 Å². The third-order valence-electron chi connectivity index (χ3n) is 3.84. The predicted molar refractivity (Wildman–Crippen MR) is 84.4 cm³/mol. The highest BCUT2D eigenvalue weighted by Gasteiger charge is 2.33. The first-order valence-electron chi connectivity index (χ1n) is 7.26. The minimum Gasteiger partial charge on any atom is -0.492 e. The number of halogens is 1. The lowest BCUT2D eigenvalue weighted by Crippen LogP contribution is -2.44. The van der Waals surface area contributed by atoms with Crippen LogP contribution < -0.4 is 4.74 Å². The average molecular weight is 332 g/mol. The van der Waals surface area contributed by atoms with Crippen LogP contribution in [0.25, 0.3) is 0 Å². The Labute approximate surface area is 132 Å². The second-order valence-corrected chi connectivity index (χ2v) is 7.88. The Kier molecular flexibility index (Phi) is 5.52. The van der Waals surface area contributed by atoms with Crippen molar-refractivity contribution in [3.05, 3.63) is 24.3 Å². The number of nitrogens with zero attached hydrogens (tertiary/aromatic N) is 1. The molecule has 1 saturated heterocycles. The summed E-state index contributed by atoms with van der Waals surface area (Å²) < 4.78 is 32.5. The van der Waals surface area contributed by atoms with E-state index in [4.69, 9.17) is 16.3 Å². The zero-order valence-corrected chi connectivity index (χ0v) is 14.0. The van der Waals surface area contributed by atoms with Gasteiger partial charge in [-0.2, -0.15) is 4.31 Å². The molecule has 0 bridgehead atoms. The monoisotopic (exact) mass is 331 g/mol. The van der Waals surface area contributed by atoms with E-state index in [1.807, 2.05) is 6.92 Å². The fourth-order valence-corrected chi connectivity index (χ4v) is 4.44. The SMILES string of the molecule is CC1CCC(C)N(S(=O)(=O)c2ccc(OCCCl)cc2)C1. The Hall–Kier alpha value is -0.780. The first-order chi connectivity index (χ1) is 9.95. The van der Waals surface area contributed by atoms with Gasteiger partial charge in [0.1, 0.15) is 12.4 Å². The summed E-state index contributed by atoms with van der Waals surface area (Å²) in [6.07, 6.45) is 2.00. The summed E-state index contributed by atoms with van der Waals surface area (Å²) in [5.41, 5.74) is 0. The number of rotatable bonds is 5. The molecule has 0 aromatic heterocycles. The zero-order chi connectivity index (χ0) is 15.5. The van der Waals surface area contributed by atoms with Crippen LogP contribution in [-0.2, 0) is 10.0 Å². The number of ether oxygens (including phenoxy) is 1. The van der Waals surface area contributed by atoms with Gasteiger partial charge < -0.3 is 4.74 Å². The standard InChI is InChI=1S/C15H22ClNO3S/c1-12-3-4-13(2)17(11-12)21(18,19)15-7-5-14(6-8-15)20-10-9-16/h5-8,12-13H,3-4,9-11H2,1-2H3. The lowest BCUT2D eigenvalue weighted by molar-refractivity contribution is 0.218. The lowest BCUT2D eigenvalue weighted by atomic mass is 9.97. The zero-order valence-electron chi connectivity index (χ0n) is 12.5. The second-order valence-electron chi connectivity index (χ2n) is 5.62. The van der Waals surface area contributed by atoms with E-state index in [-0.39, 0.29) is 6.04 Å². The fraction of sp³-hybridized carbons (Fsp3) is 0.600. The molecule has 1 heterocycles. The summed E-state index contributed by atoms with van der Waals surface area (Å²) in [6, 6.07) is 6.61. The van der Waals surface area contributed by atoms with Gasteiger partial charge in [0.2, 0.25) is 10.0 Å². The molecule has 2 rings (SSSR count). The molecule has 0 radical (unpaired) electrons. The van der Waals surface area contributed by atoms with Gasteiger partial charge in [0.15, 0.2) is 0 Å². The van der Waals surface area contributed by atoms with Crippen LogP contribution in [0.15, 0.2) is 29.2 Å². The lowest BCUT2D eigenvalue weighted by Gasteiger charge is -2.35. The maximum atomic E-state index is 12.7. The Morgan fingerprint density at radius 1 is 1.24 bits per heavy atom. The molecule has 6 heteroatoms. The van der Waals surface area contributed by atoms with Gasteiger partial charge in [-0.15, -0.1) is 11.6 Å². The van der Waals surface area contributed by atoms with Crippen LogP contribution in [0, 0.1) is 5.92 Å². The topological polar surface area (TPSA) is 46.6 Å². The molecule has 2 atom stereocenters. The molecule has 2 unspecified atom stereocenters. The third kappa shape index (κ3) is 3.90. The number of sulfonamides is 1. The number of hydrogen-bond acceptors (Lipinski definition) is 3. The maximum Gasteiger partial charge on any atom is 0.243 e. The highest BCUT2D eigenvalue weighted by atomic mass is 35.5. The van der Waals surface area contributed by atoms with E-state index >= 15 is 0 Å². The van der Waals surface area contributed by atoms with Gasteiger partial charge in [-0.25, -0.2) is 8.42 Å². The molecule has 1 aliphatic rings. The molecule has 0 amide bonds. The van der Waals surface area contributed by atoms with Crippen molar-refractivity contribution in [1.29, 1.82) is 0 Å². The van der Waals surface area contributed by atoms with Crippen molar-refractivity contribution >= 4 is 21.6 Å². The van der Waals surface area contributed by atoms with E-state index < -0.39 is 10.0 Å². The summed E-state index contributed by atoms with van der Waals surface area (Å²) in [5.74, 6) is 1.44. The molecule has 0 saturated carbocycles. The first-order valence-corrected chi connectivity index (χ1v) is 9.23. The van der Waals surface area contributed by atoms with E-state index in [1.165, 1.54) is 0 Å². The van der Waals surface area contributed by atoms with Crippen LogP contribution in [-0.4, -0.2) is 37.8 Å². The summed E-state index contributed by atoms with van der Waals surface area (Å²) >= 11 is 5.56. The van der Waals surface area contributed by atoms with Crippen LogP contribution >= 0.6 is 11.6 Å². The summed E-state index contributed by atoms with van der Waals surface area (Å²) in [7, 11) is -3.43. The normalized spacial score (nSPS) is 24.0. The van der Waals surface area contributed by atoms with Crippen LogP contribution in [0.1, 0.15) is 26.7 Å². The van der Waals surface area contributed by atoms with Gasteiger partial charge in [-0.3, -0.25) is 0 Å². The van der Waals surface area contributed by atoms with E-state index in [1.54, 1.807) is 28.6 Å². The minimum atomic E-state index is -3.43. The number of piperidine rings is 1. The first kappa shape index (κ1) is 16.6. The molecular weight excluding hydrogens is 310 g/mol. The summed E-state index contributed by atoms with van der Waals surface area (Å²) in [5, 5.41) is 0. The van der Waals surface area contributed by atoms with E-state index in [0.29, 0.717) is 35.6 Å². The largest absolute Gasteiger partial charge is 0.492 e. The molecular formula is C15H22ClNO3S. The van der Waals surface area contributed by atoms with Gasteiger partial charge in [0.05, 0.1) is 10.8 Å². The predicted octanol–water partition coefficient (Wildman–Crippen LogP) is 3.11. The maximum absolute atomic E-state index is 12.7. The minimum absolute atomic E-state index is 0.0541. The van der Waals surface area contributed by atoms with Gasteiger partial charge in [-0.1, -0.05) is 6.92 Å². The van der Waals surface area contributed by atoms with Gasteiger partial charge in [0.25, 0.3) is 0 Å². The van der Waals surface area contributed by atoms with Crippen LogP contribution in [0.2, 0.25) is 0 Å². The molecule has 1 aliphatic heterocycles. The third-order valence-corrected chi connectivity index (χ3v) is 5.99. The molecule has 118 valence electrons. The molecule has 21 heavy (non-hydrogen) atoms. The number of benzene rings is 1. The summed E-state index contributed by atoms with van der Waals surface area (Å²) in [4.78, 5) is 0.321. The van der Waals surface area contributed by atoms with Crippen LogP contribution in [0.4, 0.5) is 0 Å². The fourth-order valence-electron chi connectivity index (χ4n) is 2.58. The molecule has 1 aromatic rings. The molecule has 0 spiro atoms. The van der Waals surface area contributed by atoms with Crippen molar-refractivity contribution in [1.82, 2.24) is 4.31 Å². The Morgan fingerprint density at radius 2 is 1.90 bits per heavy atom. The van der Waals surface area contributed by atoms with E-state index in [2.05, 4.69) is 6.92 Å². The second kappa shape index (κ2) is 6.99. The molecule has 4 nitrogen and oxygen atoms in total. The van der Waals surface area contributed by atoms with Gasteiger partial charge in [0, 0.05) is 12.6 Å². The number of alkyl halides is 1. The Bertz CT molecular complexity index is 559. The quantitative estimate of drug-likeness (QED) is 0.779. The van der Waals surface area contributed by atoms with Crippen molar-refractivity contribution < 1.29 is 13.2 Å². The van der Waals surface area contributed by atoms with Gasteiger partial charge >= 0.3 is 0 Å². The highest BCUT2D eigenvalue weighted by Crippen LogP contribution is 2.28. The average Bonchev–Trinajstić information content (AvgIpc) is 2.48. The Balaban J connectivity index is 2.18. The smallest absolute Gasteiger partial charge is 0.243 e. The number of hydrogen-bond donors (Lipinski definition) is 0. The summed E-state index contributed by atoms with van der Waals surface area (Å²) in [6.45, 7) is 5.07. The molecule has 0 aliphatic carbocycles. The van der Waals surface area contributed by atoms with Crippen molar-refractivity contribution in [2.75, 3.05) is 19.0 Å². The molecule has 1 fully saturated rings. The van der Waals surface area contributed by atoms with Crippen LogP contribution in [0.3, 0.4) is 0 Å². The molecule has 0 N–H and O–H groups in total. The Morgan fingerprint density at radius 3 is 2.52 bits per heavy atom. The van der Waals surface area contributed by atoms with Gasteiger partial charge in [-0.05, 0) is 49.9 Å². The highest BCUT2D eigenvalue weighted by molar-refractivity contribution is 7.89. The van der Waals surface area contributed by atoms with Crippen molar-refractivity contribution in [3.63, 3.8) is 0 Å². The van der Waals surface area contributed by atoms with E-state index in [0.717, 1.165) is 12.8 Å². The molecule has 1 aromatic carbocycles. The van der Waals surface area contributed by atoms with Crippen molar-refractivity contribution in [2.24, 2.45) is 5.92 Å².